The molecule has 2 aromatic rings. The number of carbonyl (C=O) groups is 1. The third kappa shape index (κ3) is 2.50. The van der Waals surface area contributed by atoms with Crippen molar-refractivity contribution in [3.05, 3.63) is 58.9 Å². The molecule has 0 spiro atoms. The largest absolute Gasteiger partial charge is 0.496 e. The van der Waals surface area contributed by atoms with Crippen LogP contribution in [0.25, 0.3) is 0 Å². The lowest BCUT2D eigenvalue weighted by molar-refractivity contribution is 0.102. The van der Waals surface area contributed by atoms with E-state index in [1.54, 1.807) is 18.2 Å². The molecular formula is C16H15FO3. The number of hydrogen-bond acceptors (Lipinski definition) is 3. The molecule has 104 valence electrons. The SMILES string of the molecule is COc1ccc(C)cc1C(=O)c1c(F)cccc1OC. The van der Waals surface area contributed by atoms with Gasteiger partial charge in [-0.3, -0.25) is 4.79 Å². The Bertz CT molecular complexity index is 650. The van der Waals surface area contributed by atoms with E-state index in [1.807, 2.05) is 13.0 Å². The molecule has 0 saturated heterocycles. The van der Waals surface area contributed by atoms with Gasteiger partial charge in [-0.15, -0.1) is 0 Å². The van der Waals surface area contributed by atoms with Gasteiger partial charge < -0.3 is 9.47 Å². The molecule has 3 nitrogen and oxygen atoms in total. The van der Waals surface area contributed by atoms with Gasteiger partial charge >= 0.3 is 0 Å². The highest BCUT2D eigenvalue weighted by Gasteiger charge is 2.22. The van der Waals surface area contributed by atoms with Crippen LogP contribution in [0.3, 0.4) is 0 Å². The Hall–Kier alpha value is -2.36. The normalized spacial score (nSPS) is 10.2. The van der Waals surface area contributed by atoms with Crippen LogP contribution in [0, 0.1) is 12.7 Å². The van der Waals surface area contributed by atoms with Gasteiger partial charge in [0, 0.05) is 0 Å². The van der Waals surface area contributed by atoms with E-state index in [2.05, 4.69) is 0 Å². The molecular weight excluding hydrogens is 259 g/mol. The molecule has 0 bridgehead atoms. The third-order valence-electron chi connectivity index (χ3n) is 3.02. The summed E-state index contributed by atoms with van der Waals surface area (Å²) in [5.41, 5.74) is 1.12. The van der Waals surface area contributed by atoms with Crippen LogP contribution < -0.4 is 9.47 Å². The van der Waals surface area contributed by atoms with Crippen LogP contribution in [0.2, 0.25) is 0 Å². The minimum atomic E-state index is -0.613. The van der Waals surface area contributed by atoms with Crippen molar-refractivity contribution < 1.29 is 18.7 Å². The number of aryl methyl sites for hydroxylation is 1. The summed E-state index contributed by atoms with van der Waals surface area (Å²) >= 11 is 0. The zero-order valence-corrected chi connectivity index (χ0v) is 11.6. The summed E-state index contributed by atoms with van der Waals surface area (Å²) in [5, 5.41) is 0. The van der Waals surface area contributed by atoms with Gasteiger partial charge in [0.15, 0.2) is 0 Å². The third-order valence-corrected chi connectivity index (χ3v) is 3.02. The van der Waals surface area contributed by atoms with Crippen molar-refractivity contribution in [3.63, 3.8) is 0 Å². The monoisotopic (exact) mass is 274 g/mol. The molecule has 0 unspecified atom stereocenters. The zero-order chi connectivity index (χ0) is 14.7. The fraction of sp³-hybridized carbons (Fsp3) is 0.188. The topological polar surface area (TPSA) is 35.5 Å². The minimum Gasteiger partial charge on any atom is -0.496 e. The number of carbonyl (C=O) groups excluding carboxylic acids is 1. The molecule has 0 heterocycles. The lowest BCUT2D eigenvalue weighted by atomic mass is 9.99. The average Bonchev–Trinajstić information content (AvgIpc) is 2.46. The predicted octanol–water partition coefficient (Wildman–Crippen LogP) is 3.38. The van der Waals surface area contributed by atoms with E-state index in [1.165, 1.54) is 26.4 Å². The molecule has 0 aromatic heterocycles. The van der Waals surface area contributed by atoms with Crippen molar-refractivity contribution in [2.45, 2.75) is 6.92 Å². The average molecular weight is 274 g/mol. The molecule has 0 fully saturated rings. The summed E-state index contributed by atoms with van der Waals surface area (Å²) in [7, 11) is 2.87. The number of ketones is 1. The van der Waals surface area contributed by atoms with Crippen molar-refractivity contribution in [2.24, 2.45) is 0 Å². The number of benzene rings is 2. The molecule has 20 heavy (non-hydrogen) atoms. The fourth-order valence-corrected chi connectivity index (χ4v) is 2.03. The smallest absolute Gasteiger partial charge is 0.203 e. The highest BCUT2D eigenvalue weighted by Crippen LogP contribution is 2.28. The lowest BCUT2D eigenvalue weighted by Crippen LogP contribution is -2.08. The van der Waals surface area contributed by atoms with E-state index in [-0.39, 0.29) is 11.3 Å². The molecule has 0 amide bonds. The highest BCUT2D eigenvalue weighted by atomic mass is 19.1. The molecule has 0 radical (unpaired) electrons. The van der Waals surface area contributed by atoms with Gasteiger partial charge in [0.25, 0.3) is 0 Å². The van der Waals surface area contributed by atoms with Crippen LogP contribution in [0.15, 0.2) is 36.4 Å². The second-order valence-electron chi connectivity index (χ2n) is 4.35. The first-order valence-corrected chi connectivity index (χ1v) is 6.10. The Morgan fingerprint density at radius 1 is 1.05 bits per heavy atom. The Morgan fingerprint density at radius 3 is 2.40 bits per heavy atom. The van der Waals surface area contributed by atoms with E-state index in [4.69, 9.17) is 9.47 Å². The summed E-state index contributed by atoms with van der Waals surface area (Å²) in [6, 6.07) is 9.48. The molecule has 2 aromatic carbocycles. The van der Waals surface area contributed by atoms with E-state index < -0.39 is 11.6 Å². The number of halogens is 1. The summed E-state index contributed by atoms with van der Waals surface area (Å²) in [4.78, 5) is 12.6. The number of ether oxygens (including phenoxy) is 2. The van der Waals surface area contributed by atoms with Crippen molar-refractivity contribution in [2.75, 3.05) is 14.2 Å². The molecule has 0 aliphatic rings. The predicted molar refractivity (Wildman–Crippen MR) is 74.1 cm³/mol. The summed E-state index contributed by atoms with van der Waals surface area (Å²) in [6.07, 6.45) is 0. The number of rotatable bonds is 4. The summed E-state index contributed by atoms with van der Waals surface area (Å²) in [5.74, 6) is -0.456. The van der Waals surface area contributed by atoms with Gasteiger partial charge in [0.1, 0.15) is 22.9 Å². The molecule has 0 N–H and O–H groups in total. The summed E-state index contributed by atoms with van der Waals surface area (Å²) in [6.45, 7) is 1.86. The standard InChI is InChI=1S/C16H15FO3/c1-10-7-8-13(19-2)11(9-10)16(18)15-12(17)5-4-6-14(15)20-3/h4-9H,1-3H3. The van der Waals surface area contributed by atoms with Crippen LogP contribution >= 0.6 is 0 Å². The van der Waals surface area contributed by atoms with Gasteiger partial charge in [-0.1, -0.05) is 17.7 Å². The van der Waals surface area contributed by atoms with Crippen LogP contribution in [0.5, 0.6) is 11.5 Å². The zero-order valence-electron chi connectivity index (χ0n) is 11.6. The van der Waals surface area contributed by atoms with Gasteiger partial charge in [-0.05, 0) is 31.2 Å². The van der Waals surface area contributed by atoms with Crippen LogP contribution in [0.4, 0.5) is 4.39 Å². The summed E-state index contributed by atoms with van der Waals surface area (Å²) < 4.78 is 24.2. The van der Waals surface area contributed by atoms with Crippen LogP contribution in [0.1, 0.15) is 21.5 Å². The molecule has 4 heteroatoms. The molecule has 2 rings (SSSR count). The Balaban J connectivity index is 2.60. The Morgan fingerprint density at radius 2 is 1.75 bits per heavy atom. The van der Waals surface area contributed by atoms with Gasteiger partial charge in [-0.25, -0.2) is 4.39 Å². The Labute approximate surface area is 117 Å². The number of hydrogen-bond donors (Lipinski definition) is 0. The van der Waals surface area contributed by atoms with Gasteiger partial charge in [-0.2, -0.15) is 0 Å². The first kappa shape index (κ1) is 14.1. The maximum Gasteiger partial charge on any atom is 0.203 e. The van der Waals surface area contributed by atoms with E-state index in [9.17, 15) is 9.18 Å². The van der Waals surface area contributed by atoms with Crippen molar-refractivity contribution in [3.8, 4) is 11.5 Å². The molecule has 0 atom stereocenters. The second kappa shape index (κ2) is 5.74. The fourth-order valence-electron chi connectivity index (χ4n) is 2.03. The highest BCUT2D eigenvalue weighted by molar-refractivity contribution is 6.12. The second-order valence-corrected chi connectivity index (χ2v) is 4.35. The quantitative estimate of drug-likeness (QED) is 0.802. The maximum atomic E-state index is 14.0. The molecule has 0 saturated carbocycles. The maximum absolute atomic E-state index is 14.0. The van der Waals surface area contributed by atoms with E-state index >= 15 is 0 Å². The first-order valence-electron chi connectivity index (χ1n) is 6.10. The van der Waals surface area contributed by atoms with Gasteiger partial charge in [0.2, 0.25) is 5.78 Å². The Kier molecular flexibility index (Phi) is 4.03. The van der Waals surface area contributed by atoms with Crippen LogP contribution in [-0.2, 0) is 0 Å². The van der Waals surface area contributed by atoms with Crippen molar-refractivity contribution >= 4 is 5.78 Å². The molecule has 0 aliphatic carbocycles. The van der Waals surface area contributed by atoms with Crippen molar-refractivity contribution in [1.82, 2.24) is 0 Å². The first-order chi connectivity index (χ1) is 9.58. The number of methoxy groups -OCH3 is 2. The molecule has 0 aliphatic heterocycles. The van der Waals surface area contributed by atoms with Gasteiger partial charge in [0.05, 0.1) is 19.8 Å². The van der Waals surface area contributed by atoms with Crippen molar-refractivity contribution in [1.29, 1.82) is 0 Å². The van der Waals surface area contributed by atoms with Crippen LogP contribution in [-0.4, -0.2) is 20.0 Å². The van der Waals surface area contributed by atoms with E-state index in [0.29, 0.717) is 11.3 Å². The minimum absolute atomic E-state index is 0.0844. The lowest BCUT2D eigenvalue weighted by Gasteiger charge is -2.12. The van der Waals surface area contributed by atoms with E-state index in [0.717, 1.165) is 5.56 Å².